The van der Waals surface area contributed by atoms with Crippen molar-refractivity contribution in [2.45, 2.75) is 44.9 Å². The highest BCUT2D eigenvalue weighted by atomic mass is 35.5. The minimum atomic E-state index is -1.26. The zero-order valence-corrected chi connectivity index (χ0v) is 23.9. The highest BCUT2D eigenvalue weighted by Crippen LogP contribution is 2.33. The maximum atomic E-state index is 11.9. The number of ether oxygens (including phenoxy) is 2. The van der Waals surface area contributed by atoms with Crippen LogP contribution in [0.1, 0.15) is 61.0 Å². The summed E-state index contributed by atoms with van der Waals surface area (Å²) in [5, 5.41) is 21.7. The SMILES string of the molecule is CCC(=O)c1ccc(OCCCCN2CCC(c3noc4cc(Cl)ccc34)CC2)c(OC)c1.O=C(O)/C=C/C(=O)O. The number of hydrogen-bond donors (Lipinski definition) is 2. The van der Waals surface area contributed by atoms with E-state index < -0.39 is 11.9 Å². The van der Waals surface area contributed by atoms with E-state index in [4.69, 9.17) is 35.8 Å². The monoisotopic (exact) mass is 586 g/mol. The number of nitrogens with zero attached hydrogens (tertiary/aromatic N) is 2. The summed E-state index contributed by atoms with van der Waals surface area (Å²) in [5.74, 6) is -0.683. The van der Waals surface area contributed by atoms with Crippen LogP contribution in [0.25, 0.3) is 11.0 Å². The van der Waals surface area contributed by atoms with Gasteiger partial charge in [0, 0.05) is 46.5 Å². The molecule has 1 aliphatic heterocycles. The first-order valence-corrected chi connectivity index (χ1v) is 13.8. The number of carboxylic acids is 2. The van der Waals surface area contributed by atoms with Gasteiger partial charge >= 0.3 is 11.9 Å². The first kappa shape index (κ1) is 31.6. The number of hydrogen-bond acceptors (Lipinski definition) is 8. The average molecular weight is 587 g/mol. The number of carboxylic acid groups (broad SMARTS) is 2. The number of carbonyl (C=O) groups excluding carboxylic acids is 1. The topological polar surface area (TPSA) is 139 Å². The third kappa shape index (κ3) is 9.61. The van der Waals surface area contributed by atoms with Crippen LogP contribution in [0.4, 0.5) is 0 Å². The van der Waals surface area contributed by atoms with Crippen molar-refractivity contribution in [3.8, 4) is 11.5 Å². The molecule has 1 aromatic heterocycles. The molecule has 0 spiro atoms. The van der Waals surface area contributed by atoms with Gasteiger partial charge in [0.15, 0.2) is 22.9 Å². The van der Waals surface area contributed by atoms with Gasteiger partial charge in [0.1, 0.15) is 0 Å². The summed E-state index contributed by atoms with van der Waals surface area (Å²) in [5.41, 5.74) is 2.49. The zero-order chi connectivity index (χ0) is 29.8. The number of aliphatic carboxylic acids is 2. The Balaban J connectivity index is 0.000000507. The van der Waals surface area contributed by atoms with E-state index in [1.54, 1.807) is 19.2 Å². The molecule has 2 heterocycles. The Morgan fingerprint density at radius 1 is 1.05 bits per heavy atom. The second kappa shape index (κ2) is 15.8. The van der Waals surface area contributed by atoms with E-state index in [1.165, 1.54) is 0 Å². The molecule has 0 radical (unpaired) electrons. The molecule has 41 heavy (non-hydrogen) atoms. The Kier molecular flexibility index (Phi) is 12.2. The zero-order valence-electron chi connectivity index (χ0n) is 23.2. The fourth-order valence-electron chi connectivity index (χ4n) is 4.58. The molecule has 1 fully saturated rings. The number of carbonyl (C=O) groups is 3. The van der Waals surface area contributed by atoms with Crippen LogP contribution in [0, 0.1) is 0 Å². The van der Waals surface area contributed by atoms with Crippen LogP contribution in [-0.2, 0) is 9.59 Å². The van der Waals surface area contributed by atoms with Gasteiger partial charge < -0.3 is 29.1 Å². The third-order valence-corrected chi connectivity index (χ3v) is 6.97. The molecule has 1 aliphatic rings. The lowest BCUT2D eigenvalue weighted by atomic mass is 9.91. The Morgan fingerprint density at radius 3 is 2.39 bits per heavy atom. The summed E-state index contributed by atoms with van der Waals surface area (Å²) in [6.07, 6.45) is 5.80. The lowest BCUT2D eigenvalue weighted by molar-refractivity contribution is -0.134. The predicted molar refractivity (Wildman–Crippen MR) is 154 cm³/mol. The molecular formula is C30H35ClN2O8. The van der Waals surface area contributed by atoms with Gasteiger partial charge in [0.2, 0.25) is 0 Å². The van der Waals surface area contributed by atoms with Crippen LogP contribution in [-0.4, -0.2) is 71.3 Å². The lowest BCUT2D eigenvalue weighted by Crippen LogP contribution is -2.34. The summed E-state index contributed by atoms with van der Waals surface area (Å²) in [7, 11) is 1.60. The number of aromatic nitrogens is 1. The minimum Gasteiger partial charge on any atom is -0.493 e. The van der Waals surface area contributed by atoms with Crippen molar-refractivity contribution in [3.05, 3.63) is 64.8 Å². The molecule has 10 nitrogen and oxygen atoms in total. The fourth-order valence-corrected chi connectivity index (χ4v) is 4.74. The van der Waals surface area contributed by atoms with Crippen molar-refractivity contribution in [1.82, 2.24) is 10.1 Å². The molecule has 0 amide bonds. The first-order valence-electron chi connectivity index (χ1n) is 13.5. The van der Waals surface area contributed by atoms with Crippen molar-refractivity contribution in [2.24, 2.45) is 0 Å². The Bertz CT molecular complexity index is 1350. The van der Waals surface area contributed by atoms with E-state index in [9.17, 15) is 14.4 Å². The van der Waals surface area contributed by atoms with Gasteiger partial charge in [0.25, 0.3) is 0 Å². The number of ketones is 1. The van der Waals surface area contributed by atoms with E-state index in [0.29, 0.717) is 53.2 Å². The minimum absolute atomic E-state index is 0.102. The van der Waals surface area contributed by atoms with Crippen molar-refractivity contribution in [2.75, 3.05) is 33.4 Å². The smallest absolute Gasteiger partial charge is 0.328 e. The molecule has 0 bridgehead atoms. The van der Waals surface area contributed by atoms with Crippen LogP contribution in [0.3, 0.4) is 0 Å². The number of piperidine rings is 1. The molecule has 2 aromatic carbocycles. The van der Waals surface area contributed by atoms with Gasteiger partial charge in [-0.2, -0.15) is 0 Å². The molecule has 3 aromatic rings. The number of likely N-dealkylation sites (tertiary alicyclic amines) is 1. The number of rotatable bonds is 12. The second-order valence-electron chi connectivity index (χ2n) is 9.53. The maximum Gasteiger partial charge on any atom is 0.328 e. The van der Waals surface area contributed by atoms with Crippen molar-refractivity contribution in [3.63, 3.8) is 0 Å². The van der Waals surface area contributed by atoms with Crippen molar-refractivity contribution >= 4 is 40.3 Å². The lowest BCUT2D eigenvalue weighted by Gasteiger charge is -2.31. The quantitative estimate of drug-likeness (QED) is 0.151. The average Bonchev–Trinajstić information content (AvgIpc) is 3.39. The van der Waals surface area contributed by atoms with Gasteiger partial charge in [-0.05, 0) is 75.6 Å². The predicted octanol–water partition coefficient (Wildman–Crippen LogP) is 5.83. The molecule has 11 heteroatoms. The number of fused-ring (bicyclic) bond motifs is 1. The molecule has 4 rings (SSSR count). The standard InChI is InChI=1S/C26H31ClN2O4.C4H4O4/c1-3-22(30)19-6-9-23(25(16-19)31-2)32-15-5-4-12-29-13-10-18(11-14-29)26-21-8-7-20(27)17-24(21)33-28-26;5-3(6)1-2-4(7)8/h6-9,16-18H,3-5,10-15H2,1-2H3;1-2H,(H,5,6)(H,7,8)/b;2-1+. The third-order valence-electron chi connectivity index (χ3n) is 6.74. The molecule has 0 saturated carbocycles. The maximum absolute atomic E-state index is 11.9. The van der Waals surface area contributed by atoms with E-state index in [-0.39, 0.29) is 5.78 Å². The number of methoxy groups -OCH3 is 1. The Morgan fingerprint density at radius 2 is 1.76 bits per heavy atom. The molecule has 0 atom stereocenters. The van der Waals surface area contributed by atoms with Crippen LogP contribution in [0.2, 0.25) is 5.02 Å². The van der Waals surface area contributed by atoms with E-state index in [0.717, 1.165) is 62.0 Å². The summed E-state index contributed by atoms with van der Waals surface area (Å²) in [4.78, 5) is 33.5. The van der Waals surface area contributed by atoms with Gasteiger partial charge in [0.05, 0.1) is 19.4 Å². The molecule has 0 aliphatic carbocycles. The molecule has 0 unspecified atom stereocenters. The number of halogens is 1. The molecular weight excluding hydrogens is 552 g/mol. The number of benzene rings is 2. The normalized spacial score (nSPS) is 14.0. The summed E-state index contributed by atoms with van der Waals surface area (Å²) in [6.45, 7) is 5.67. The highest BCUT2D eigenvalue weighted by molar-refractivity contribution is 6.31. The summed E-state index contributed by atoms with van der Waals surface area (Å²) < 4.78 is 16.8. The van der Waals surface area contributed by atoms with Crippen LogP contribution >= 0.6 is 11.6 Å². The first-order chi connectivity index (χ1) is 19.7. The Labute approximate surface area is 243 Å². The molecule has 220 valence electrons. The molecule has 2 N–H and O–H groups in total. The Hall–Kier alpha value is -3.89. The number of Topliss-reactive ketones (excluding diaryl/α,β-unsaturated/α-hetero) is 1. The van der Waals surface area contributed by atoms with Gasteiger partial charge in [-0.1, -0.05) is 23.7 Å². The van der Waals surface area contributed by atoms with Crippen LogP contribution < -0.4 is 9.47 Å². The van der Waals surface area contributed by atoms with Crippen molar-refractivity contribution < 1.29 is 38.6 Å². The summed E-state index contributed by atoms with van der Waals surface area (Å²) >= 11 is 6.05. The second-order valence-corrected chi connectivity index (χ2v) is 9.97. The fraction of sp³-hybridized carbons (Fsp3) is 0.400. The van der Waals surface area contributed by atoms with Crippen LogP contribution in [0.5, 0.6) is 11.5 Å². The van der Waals surface area contributed by atoms with Crippen molar-refractivity contribution in [1.29, 1.82) is 0 Å². The number of unbranched alkanes of at least 4 members (excludes halogenated alkanes) is 1. The molecule has 1 saturated heterocycles. The summed E-state index contributed by atoms with van der Waals surface area (Å²) in [6, 6.07) is 11.1. The van der Waals surface area contributed by atoms with E-state index >= 15 is 0 Å². The van der Waals surface area contributed by atoms with E-state index in [1.807, 2.05) is 31.2 Å². The van der Waals surface area contributed by atoms with E-state index in [2.05, 4.69) is 10.1 Å². The van der Waals surface area contributed by atoms with Gasteiger partial charge in [-0.15, -0.1) is 0 Å². The van der Waals surface area contributed by atoms with Gasteiger partial charge in [-0.25, -0.2) is 9.59 Å². The van der Waals surface area contributed by atoms with Crippen LogP contribution in [0.15, 0.2) is 53.1 Å². The van der Waals surface area contributed by atoms with Gasteiger partial charge in [-0.3, -0.25) is 4.79 Å². The largest absolute Gasteiger partial charge is 0.493 e. The highest BCUT2D eigenvalue weighted by Gasteiger charge is 2.24.